The summed E-state index contributed by atoms with van der Waals surface area (Å²) in [5, 5.41) is 0. The van der Waals surface area contributed by atoms with E-state index in [4.69, 9.17) is 5.73 Å². The first-order valence-corrected chi connectivity index (χ1v) is 5.78. The predicted octanol–water partition coefficient (Wildman–Crippen LogP) is 0.590. The molecule has 0 spiro atoms. The highest BCUT2D eigenvalue weighted by Crippen LogP contribution is 2.27. The summed E-state index contributed by atoms with van der Waals surface area (Å²) >= 11 is 0. The molecule has 0 saturated heterocycles. The molecule has 5 nitrogen and oxygen atoms in total. The van der Waals surface area contributed by atoms with E-state index in [-0.39, 0.29) is 5.91 Å². The van der Waals surface area contributed by atoms with Crippen molar-refractivity contribution in [3.63, 3.8) is 0 Å². The van der Waals surface area contributed by atoms with Gasteiger partial charge in [-0.25, -0.2) is 4.79 Å². The Kier molecular flexibility index (Phi) is 3.34. The van der Waals surface area contributed by atoms with Crippen molar-refractivity contribution >= 4 is 11.9 Å². The Morgan fingerprint density at radius 3 is 2.83 bits per heavy atom. The number of hydrogen-bond acceptors (Lipinski definition) is 4. The van der Waals surface area contributed by atoms with Gasteiger partial charge in [0.05, 0.1) is 7.11 Å². The van der Waals surface area contributed by atoms with Gasteiger partial charge in [0.25, 0.3) is 0 Å². The molecule has 1 aromatic rings. The van der Waals surface area contributed by atoms with Crippen LogP contribution in [-0.2, 0) is 20.9 Å². The van der Waals surface area contributed by atoms with Gasteiger partial charge in [-0.15, -0.1) is 0 Å². The molecule has 96 valence electrons. The van der Waals surface area contributed by atoms with Crippen LogP contribution in [0.5, 0.6) is 0 Å². The summed E-state index contributed by atoms with van der Waals surface area (Å²) in [5.74, 6) is -0.679. The van der Waals surface area contributed by atoms with Crippen molar-refractivity contribution in [3.8, 4) is 0 Å². The normalized spacial score (nSPS) is 20.3. The van der Waals surface area contributed by atoms with E-state index >= 15 is 0 Å². The number of ether oxygens (including phenoxy) is 1. The molecule has 0 saturated carbocycles. The smallest absolute Gasteiger partial charge is 0.328 e. The van der Waals surface area contributed by atoms with Crippen molar-refractivity contribution in [1.82, 2.24) is 4.90 Å². The maximum atomic E-state index is 12.1. The van der Waals surface area contributed by atoms with Crippen LogP contribution in [0.2, 0.25) is 0 Å². The fourth-order valence-corrected chi connectivity index (χ4v) is 2.18. The number of fused-ring (bicyclic) bond motifs is 1. The second kappa shape index (κ2) is 4.78. The molecule has 2 N–H and O–H groups in total. The minimum atomic E-state index is -0.706. The largest absolute Gasteiger partial charge is 0.467 e. The van der Waals surface area contributed by atoms with Gasteiger partial charge in [0.15, 0.2) is 0 Å². The van der Waals surface area contributed by atoms with Crippen LogP contribution in [0, 0.1) is 0 Å². The van der Waals surface area contributed by atoms with Crippen LogP contribution in [0.25, 0.3) is 0 Å². The van der Waals surface area contributed by atoms with Gasteiger partial charge in [0.2, 0.25) is 5.91 Å². The van der Waals surface area contributed by atoms with E-state index in [0.717, 1.165) is 11.1 Å². The standard InChI is InChI=1S/C13H16N2O3/c1-8(13(17)18-2)15-7-9-5-3-4-6-10(9)11(14)12(15)16/h3-6,8,11H,7,14H2,1-2H3/t8-,11-/m0/s1. The van der Waals surface area contributed by atoms with E-state index in [1.165, 1.54) is 12.0 Å². The van der Waals surface area contributed by atoms with Gasteiger partial charge < -0.3 is 15.4 Å². The highest BCUT2D eigenvalue weighted by atomic mass is 16.5. The molecule has 1 aromatic carbocycles. The molecule has 5 heteroatoms. The van der Waals surface area contributed by atoms with Crippen LogP contribution in [0.1, 0.15) is 24.1 Å². The highest BCUT2D eigenvalue weighted by Gasteiger charge is 2.35. The Morgan fingerprint density at radius 2 is 2.17 bits per heavy atom. The van der Waals surface area contributed by atoms with E-state index < -0.39 is 18.1 Å². The number of methoxy groups -OCH3 is 1. The van der Waals surface area contributed by atoms with Crippen molar-refractivity contribution in [2.75, 3.05) is 7.11 Å². The molecule has 0 aliphatic carbocycles. The first-order chi connectivity index (χ1) is 8.56. The first kappa shape index (κ1) is 12.6. The lowest BCUT2D eigenvalue weighted by molar-refractivity contribution is -0.153. The second-order valence-electron chi connectivity index (χ2n) is 4.34. The fourth-order valence-electron chi connectivity index (χ4n) is 2.18. The molecule has 0 bridgehead atoms. The van der Waals surface area contributed by atoms with Gasteiger partial charge in [0, 0.05) is 6.54 Å². The number of nitrogens with two attached hydrogens (primary N) is 1. The van der Waals surface area contributed by atoms with E-state index in [9.17, 15) is 9.59 Å². The lowest BCUT2D eigenvalue weighted by atomic mass is 9.94. The van der Waals surface area contributed by atoms with Crippen molar-refractivity contribution < 1.29 is 14.3 Å². The minimum Gasteiger partial charge on any atom is -0.467 e. The second-order valence-corrected chi connectivity index (χ2v) is 4.34. The van der Waals surface area contributed by atoms with Gasteiger partial charge in [0.1, 0.15) is 12.1 Å². The SMILES string of the molecule is COC(=O)[C@H](C)N1Cc2ccccc2[C@H](N)C1=O. The summed E-state index contributed by atoms with van der Waals surface area (Å²) in [4.78, 5) is 25.1. The fraction of sp³-hybridized carbons (Fsp3) is 0.385. The molecular formula is C13H16N2O3. The number of hydrogen-bond donors (Lipinski definition) is 1. The molecule has 1 amide bonds. The molecular weight excluding hydrogens is 232 g/mol. The van der Waals surface area contributed by atoms with Gasteiger partial charge >= 0.3 is 5.97 Å². The number of esters is 1. The number of carbonyl (C=O) groups excluding carboxylic acids is 2. The van der Waals surface area contributed by atoms with E-state index in [1.54, 1.807) is 6.92 Å². The third-order valence-electron chi connectivity index (χ3n) is 3.29. The molecule has 0 fully saturated rings. The molecule has 1 heterocycles. The van der Waals surface area contributed by atoms with E-state index in [1.807, 2.05) is 24.3 Å². The van der Waals surface area contributed by atoms with Crippen molar-refractivity contribution in [2.24, 2.45) is 5.73 Å². The van der Waals surface area contributed by atoms with Crippen LogP contribution in [0.3, 0.4) is 0 Å². The summed E-state index contributed by atoms with van der Waals surface area (Å²) in [7, 11) is 1.31. The zero-order valence-corrected chi connectivity index (χ0v) is 10.4. The van der Waals surface area contributed by atoms with E-state index in [2.05, 4.69) is 4.74 Å². The van der Waals surface area contributed by atoms with Gasteiger partial charge in [-0.05, 0) is 18.1 Å². The molecule has 18 heavy (non-hydrogen) atoms. The molecule has 0 radical (unpaired) electrons. The molecule has 0 unspecified atom stereocenters. The first-order valence-electron chi connectivity index (χ1n) is 5.78. The molecule has 1 aliphatic rings. The van der Waals surface area contributed by atoms with Crippen LogP contribution >= 0.6 is 0 Å². The van der Waals surface area contributed by atoms with Gasteiger partial charge in [-0.3, -0.25) is 4.79 Å². The topological polar surface area (TPSA) is 72.6 Å². The summed E-state index contributed by atoms with van der Waals surface area (Å²) in [6.45, 7) is 2.03. The van der Waals surface area contributed by atoms with Gasteiger partial charge in [-0.1, -0.05) is 24.3 Å². The van der Waals surface area contributed by atoms with Crippen molar-refractivity contribution in [1.29, 1.82) is 0 Å². The number of carbonyl (C=O) groups is 2. The lowest BCUT2D eigenvalue weighted by Crippen LogP contribution is -2.49. The maximum Gasteiger partial charge on any atom is 0.328 e. The Labute approximate surface area is 106 Å². The predicted molar refractivity (Wildman–Crippen MR) is 65.4 cm³/mol. The van der Waals surface area contributed by atoms with Crippen LogP contribution < -0.4 is 5.73 Å². The number of amides is 1. The Hall–Kier alpha value is -1.88. The molecule has 2 rings (SSSR count). The minimum absolute atomic E-state index is 0.244. The van der Waals surface area contributed by atoms with Gasteiger partial charge in [-0.2, -0.15) is 0 Å². The van der Waals surface area contributed by atoms with Crippen molar-refractivity contribution in [2.45, 2.75) is 25.6 Å². The maximum absolute atomic E-state index is 12.1. The zero-order chi connectivity index (χ0) is 13.3. The number of benzene rings is 1. The average molecular weight is 248 g/mol. The van der Waals surface area contributed by atoms with Crippen molar-refractivity contribution in [3.05, 3.63) is 35.4 Å². The summed E-state index contributed by atoms with van der Waals surface area (Å²) in [6, 6.07) is 6.17. The van der Waals surface area contributed by atoms with Crippen LogP contribution in [-0.4, -0.2) is 29.9 Å². The quantitative estimate of drug-likeness (QED) is 0.777. The summed E-state index contributed by atoms with van der Waals surface area (Å²) in [6.07, 6.45) is 0. The lowest BCUT2D eigenvalue weighted by Gasteiger charge is -2.35. The average Bonchev–Trinajstić information content (AvgIpc) is 2.41. The third kappa shape index (κ3) is 1.97. The monoisotopic (exact) mass is 248 g/mol. The third-order valence-corrected chi connectivity index (χ3v) is 3.29. The Bertz CT molecular complexity index is 487. The highest BCUT2D eigenvalue weighted by molar-refractivity contribution is 5.89. The zero-order valence-electron chi connectivity index (χ0n) is 10.4. The molecule has 2 atom stereocenters. The molecule has 1 aliphatic heterocycles. The van der Waals surface area contributed by atoms with Crippen LogP contribution in [0.15, 0.2) is 24.3 Å². The number of nitrogens with zero attached hydrogens (tertiary/aromatic N) is 1. The number of rotatable bonds is 2. The van der Waals surface area contributed by atoms with Crippen LogP contribution in [0.4, 0.5) is 0 Å². The summed E-state index contributed by atoms with van der Waals surface area (Å²) < 4.78 is 4.66. The molecule has 0 aromatic heterocycles. The Morgan fingerprint density at radius 1 is 1.50 bits per heavy atom. The Balaban J connectivity index is 2.32. The summed E-state index contributed by atoms with van der Waals surface area (Å²) in [5.41, 5.74) is 7.72. The van der Waals surface area contributed by atoms with E-state index in [0.29, 0.717) is 6.54 Å².